The van der Waals surface area contributed by atoms with Gasteiger partial charge in [-0.25, -0.2) is 13.2 Å². The second-order valence-electron chi connectivity index (χ2n) is 6.87. The van der Waals surface area contributed by atoms with Crippen LogP contribution < -0.4 is 15.4 Å². The molecule has 0 saturated carbocycles. The molecule has 0 aliphatic carbocycles. The number of halogens is 2. The summed E-state index contributed by atoms with van der Waals surface area (Å²) in [5.74, 6) is 0.668. The molecule has 2 N–H and O–H groups in total. The molecule has 3 rings (SSSR count). The zero-order chi connectivity index (χ0) is 23.3. The van der Waals surface area contributed by atoms with Gasteiger partial charge in [0.25, 0.3) is 0 Å². The van der Waals surface area contributed by atoms with Gasteiger partial charge >= 0.3 is 6.03 Å². The van der Waals surface area contributed by atoms with E-state index in [-0.39, 0.29) is 17.2 Å². The SMILES string of the molecule is CCS(=O)(=O)c1ccc(CNC(=O)Nc2cc(Cl)c(-c3ccccc3OC)c(Cl)c2)cc1. The smallest absolute Gasteiger partial charge is 0.319 e. The van der Waals surface area contributed by atoms with Crippen LogP contribution in [0.3, 0.4) is 0 Å². The third kappa shape index (κ3) is 5.54. The van der Waals surface area contributed by atoms with Crippen molar-refractivity contribution in [3.63, 3.8) is 0 Å². The molecule has 3 aromatic carbocycles. The highest BCUT2D eigenvalue weighted by Gasteiger charge is 2.15. The molecule has 0 fully saturated rings. The molecule has 2 amide bonds. The summed E-state index contributed by atoms with van der Waals surface area (Å²) in [6.45, 7) is 1.82. The molecule has 0 unspecified atom stereocenters. The van der Waals surface area contributed by atoms with Gasteiger partial charge in [0.15, 0.2) is 9.84 Å². The van der Waals surface area contributed by atoms with Crippen molar-refractivity contribution in [2.24, 2.45) is 0 Å². The lowest BCUT2D eigenvalue weighted by molar-refractivity contribution is 0.251. The summed E-state index contributed by atoms with van der Waals surface area (Å²) < 4.78 is 29.1. The van der Waals surface area contributed by atoms with Crippen LogP contribution >= 0.6 is 23.2 Å². The number of ether oxygens (including phenoxy) is 1. The third-order valence-electron chi connectivity index (χ3n) is 4.79. The number of carbonyl (C=O) groups excluding carboxylic acids is 1. The van der Waals surface area contributed by atoms with E-state index >= 15 is 0 Å². The van der Waals surface area contributed by atoms with E-state index in [1.807, 2.05) is 24.3 Å². The van der Waals surface area contributed by atoms with Gasteiger partial charge in [-0.2, -0.15) is 0 Å². The quantitative estimate of drug-likeness (QED) is 0.437. The summed E-state index contributed by atoms with van der Waals surface area (Å²) in [7, 11) is -1.69. The number of rotatable bonds is 7. The average molecular weight is 493 g/mol. The number of urea groups is 1. The first-order valence-corrected chi connectivity index (χ1v) is 12.1. The van der Waals surface area contributed by atoms with E-state index < -0.39 is 15.9 Å². The van der Waals surface area contributed by atoms with Gasteiger partial charge in [-0.15, -0.1) is 0 Å². The van der Waals surface area contributed by atoms with Gasteiger partial charge in [0.05, 0.1) is 27.8 Å². The predicted octanol–water partition coefficient (Wildman–Crippen LogP) is 5.78. The highest BCUT2D eigenvalue weighted by Crippen LogP contribution is 2.41. The number of benzene rings is 3. The molecule has 0 aliphatic rings. The number of carbonyl (C=O) groups is 1. The van der Waals surface area contributed by atoms with Gasteiger partial charge < -0.3 is 15.4 Å². The van der Waals surface area contributed by atoms with Gasteiger partial charge in [-0.3, -0.25) is 0 Å². The van der Waals surface area contributed by atoms with Crippen molar-refractivity contribution in [3.8, 4) is 16.9 Å². The zero-order valence-electron chi connectivity index (χ0n) is 17.5. The van der Waals surface area contributed by atoms with Gasteiger partial charge in [0.2, 0.25) is 0 Å². The first kappa shape index (κ1) is 23.9. The number of nitrogens with one attached hydrogen (secondary N) is 2. The van der Waals surface area contributed by atoms with E-state index in [2.05, 4.69) is 10.6 Å². The van der Waals surface area contributed by atoms with Crippen LogP contribution in [0.1, 0.15) is 12.5 Å². The Hall–Kier alpha value is -2.74. The van der Waals surface area contributed by atoms with E-state index in [1.165, 1.54) is 12.1 Å². The maximum Gasteiger partial charge on any atom is 0.319 e. The van der Waals surface area contributed by atoms with Crippen LogP contribution in [0.25, 0.3) is 11.1 Å². The molecule has 168 valence electrons. The van der Waals surface area contributed by atoms with Gasteiger partial charge in [-0.1, -0.05) is 60.5 Å². The second kappa shape index (κ2) is 10.3. The summed E-state index contributed by atoms with van der Waals surface area (Å²) >= 11 is 12.9. The molecule has 0 bridgehead atoms. The van der Waals surface area contributed by atoms with Crippen LogP contribution in [-0.2, 0) is 16.4 Å². The maximum atomic E-state index is 12.3. The summed E-state index contributed by atoms with van der Waals surface area (Å²) in [6.07, 6.45) is 0. The summed E-state index contributed by atoms with van der Waals surface area (Å²) in [4.78, 5) is 12.6. The maximum absolute atomic E-state index is 12.3. The van der Waals surface area contributed by atoms with Crippen molar-refractivity contribution in [1.82, 2.24) is 5.32 Å². The lowest BCUT2D eigenvalue weighted by atomic mass is 10.0. The largest absolute Gasteiger partial charge is 0.496 e. The Morgan fingerprint density at radius 3 is 2.22 bits per heavy atom. The zero-order valence-corrected chi connectivity index (χ0v) is 19.8. The van der Waals surface area contributed by atoms with Crippen LogP contribution in [0.5, 0.6) is 5.75 Å². The van der Waals surface area contributed by atoms with E-state index in [0.29, 0.717) is 27.0 Å². The Kier molecular flexibility index (Phi) is 7.66. The van der Waals surface area contributed by atoms with Crippen molar-refractivity contribution < 1.29 is 17.9 Å². The van der Waals surface area contributed by atoms with Crippen LogP contribution in [0.15, 0.2) is 65.6 Å². The molecule has 6 nitrogen and oxygen atoms in total. The minimum atomic E-state index is -3.26. The number of hydrogen-bond acceptors (Lipinski definition) is 4. The molecular formula is C23H22Cl2N2O4S. The molecular weight excluding hydrogens is 471 g/mol. The highest BCUT2D eigenvalue weighted by atomic mass is 35.5. The van der Waals surface area contributed by atoms with E-state index in [4.69, 9.17) is 27.9 Å². The molecule has 3 aromatic rings. The normalized spacial score (nSPS) is 11.1. The Bertz CT molecular complexity index is 1210. The monoisotopic (exact) mass is 492 g/mol. The lowest BCUT2D eigenvalue weighted by Crippen LogP contribution is -2.28. The van der Waals surface area contributed by atoms with Gasteiger partial charge in [-0.05, 0) is 35.9 Å². The van der Waals surface area contributed by atoms with Crippen LogP contribution in [0.2, 0.25) is 10.0 Å². The highest BCUT2D eigenvalue weighted by molar-refractivity contribution is 7.91. The fourth-order valence-corrected chi connectivity index (χ4v) is 4.67. The molecule has 0 radical (unpaired) electrons. The molecule has 0 heterocycles. The first-order valence-electron chi connectivity index (χ1n) is 9.74. The van der Waals surface area contributed by atoms with Crippen molar-refractivity contribution in [2.45, 2.75) is 18.4 Å². The number of anilines is 1. The molecule has 9 heteroatoms. The Labute approximate surface area is 197 Å². The fourth-order valence-electron chi connectivity index (χ4n) is 3.09. The molecule has 0 spiro atoms. The lowest BCUT2D eigenvalue weighted by Gasteiger charge is -2.14. The minimum Gasteiger partial charge on any atom is -0.496 e. The second-order valence-corrected chi connectivity index (χ2v) is 9.96. The summed E-state index contributed by atoms with van der Waals surface area (Å²) in [5.41, 5.74) is 2.55. The number of hydrogen-bond donors (Lipinski definition) is 2. The third-order valence-corrected chi connectivity index (χ3v) is 7.14. The number of amides is 2. The van der Waals surface area contributed by atoms with Crippen molar-refractivity contribution in [3.05, 3.63) is 76.3 Å². The standard InChI is InChI=1S/C23H22Cl2N2O4S/c1-3-32(29,30)17-10-8-15(9-11-17)14-26-23(28)27-16-12-19(24)22(20(25)13-16)18-6-4-5-7-21(18)31-2/h4-13H,3,14H2,1-2H3,(H2,26,27,28). The molecule has 0 aliphatic heterocycles. The van der Waals surface area contributed by atoms with Crippen molar-refractivity contribution >= 4 is 44.8 Å². The van der Waals surface area contributed by atoms with Crippen LogP contribution in [-0.4, -0.2) is 27.3 Å². The number of sulfone groups is 1. The Balaban J connectivity index is 1.68. The fraction of sp³-hybridized carbons (Fsp3) is 0.174. The van der Waals surface area contributed by atoms with E-state index in [0.717, 1.165) is 11.1 Å². The summed E-state index contributed by atoms with van der Waals surface area (Å²) in [6, 6.07) is 16.5. The topological polar surface area (TPSA) is 84.5 Å². The van der Waals surface area contributed by atoms with Crippen LogP contribution in [0, 0.1) is 0 Å². The van der Waals surface area contributed by atoms with E-state index in [1.54, 1.807) is 38.3 Å². The molecule has 0 atom stereocenters. The van der Waals surface area contributed by atoms with Gasteiger partial charge in [0.1, 0.15) is 5.75 Å². The molecule has 32 heavy (non-hydrogen) atoms. The Morgan fingerprint density at radius 1 is 1.00 bits per heavy atom. The average Bonchev–Trinajstić information content (AvgIpc) is 2.78. The first-order chi connectivity index (χ1) is 15.2. The molecule has 0 aromatic heterocycles. The summed E-state index contributed by atoms with van der Waals surface area (Å²) in [5, 5.41) is 6.15. The van der Waals surface area contributed by atoms with E-state index in [9.17, 15) is 13.2 Å². The predicted molar refractivity (Wildman–Crippen MR) is 128 cm³/mol. The van der Waals surface area contributed by atoms with Crippen molar-refractivity contribution in [2.75, 3.05) is 18.2 Å². The van der Waals surface area contributed by atoms with Crippen molar-refractivity contribution in [1.29, 1.82) is 0 Å². The minimum absolute atomic E-state index is 0.0357. The molecule has 0 saturated heterocycles. The van der Waals surface area contributed by atoms with Crippen LogP contribution in [0.4, 0.5) is 10.5 Å². The van der Waals surface area contributed by atoms with Gasteiger partial charge in [0, 0.05) is 23.4 Å². The number of para-hydroxylation sites is 1. The number of methoxy groups -OCH3 is 1. The Morgan fingerprint density at radius 2 is 1.62 bits per heavy atom.